The molecule has 3 aliphatic rings. The number of amides is 2. The van der Waals surface area contributed by atoms with Gasteiger partial charge in [0.05, 0.1) is 6.10 Å². The molecular formula is C27H40N4O4. The second-order valence-electron chi connectivity index (χ2n) is 11.1. The van der Waals surface area contributed by atoms with Crippen molar-refractivity contribution >= 4 is 23.3 Å². The standard InChI is InChI=1S/C27H40N4O4/c1-17(2)14-22(27(34)31-15-21(18(3)4)25-24(31)23(32)16-35-25)28-26(33)19-6-8-20(9-7-19)30-12-10-29(5)11-13-30/h6-9,17-18,21-22,24-25H,10-16H2,1-5H3,(H,28,33)/t21-,22?,24+,25+/m0/s1. The van der Waals surface area contributed by atoms with Gasteiger partial charge in [0.25, 0.3) is 5.91 Å². The van der Waals surface area contributed by atoms with E-state index in [9.17, 15) is 14.4 Å². The Bertz CT molecular complexity index is 924. The molecule has 0 spiro atoms. The fourth-order valence-corrected chi connectivity index (χ4v) is 5.53. The maximum atomic E-state index is 13.7. The maximum absolute atomic E-state index is 13.7. The number of nitrogens with one attached hydrogen (secondary N) is 1. The van der Waals surface area contributed by atoms with Crippen molar-refractivity contribution in [1.82, 2.24) is 15.1 Å². The highest BCUT2D eigenvalue weighted by atomic mass is 16.5. The van der Waals surface area contributed by atoms with Gasteiger partial charge in [-0.2, -0.15) is 0 Å². The minimum atomic E-state index is -0.681. The molecule has 0 saturated carbocycles. The van der Waals surface area contributed by atoms with Crippen LogP contribution in [0.1, 0.15) is 44.5 Å². The van der Waals surface area contributed by atoms with Crippen LogP contribution in [0.25, 0.3) is 0 Å². The van der Waals surface area contributed by atoms with Crippen LogP contribution in [0.15, 0.2) is 24.3 Å². The van der Waals surface area contributed by atoms with Crippen LogP contribution in [0.3, 0.4) is 0 Å². The Morgan fingerprint density at radius 3 is 2.31 bits per heavy atom. The molecule has 1 N–H and O–H groups in total. The average Bonchev–Trinajstić information content (AvgIpc) is 3.39. The zero-order valence-corrected chi connectivity index (χ0v) is 21.7. The summed E-state index contributed by atoms with van der Waals surface area (Å²) in [6, 6.07) is 6.40. The molecule has 0 aromatic heterocycles. The Hall–Kier alpha value is -2.45. The summed E-state index contributed by atoms with van der Waals surface area (Å²) >= 11 is 0. The molecule has 2 amide bonds. The van der Waals surface area contributed by atoms with E-state index < -0.39 is 12.1 Å². The number of likely N-dealkylation sites (N-methyl/N-ethyl adjacent to an activating group) is 1. The molecule has 3 fully saturated rings. The molecule has 3 aliphatic heterocycles. The third-order valence-electron chi connectivity index (χ3n) is 7.67. The second kappa shape index (κ2) is 10.7. The minimum absolute atomic E-state index is 0.0411. The molecule has 1 aromatic rings. The van der Waals surface area contributed by atoms with Gasteiger partial charge < -0.3 is 24.8 Å². The number of Topliss-reactive ketones (excluding diaryl/α,β-unsaturated/α-hetero) is 1. The SMILES string of the molecule is CC(C)CC(NC(=O)c1ccc(N2CCN(C)CC2)cc1)C(=O)N1C[C@@H](C(C)C)[C@H]2OCC(=O)[C@H]21. The van der Waals surface area contributed by atoms with E-state index in [1.807, 2.05) is 38.1 Å². The zero-order chi connectivity index (χ0) is 25.3. The molecule has 3 saturated heterocycles. The van der Waals surface area contributed by atoms with Crippen LogP contribution in [0.5, 0.6) is 0 Å². The summed E-state index contributed by atoms with van der Waals surface area (Å²) in [6.45, 7) is 12.8. The van der Waals surface area contributed by atoms with Gasteiger partial charge in [-0.25, -0.2) is 0 Å². The fourth-order valence-electron chi connectivity index (χ4n) is 5.53. The summed E-state index contributed by atoms with van der Waals surface area (Å²) in [5.41, 5.74) is 1.64. The molecule has 0 radical (unpaired) electrons. The largest absolute Gasteiger partial charge is 0.369 e. The van der Waals surface area contributed by atoms with Crippen LogP contribution in [0.4, 0.5) is 5.69 Å². The minimum Gasteiger partial charge on any atom is -0.369 e. The summed E-state index contributed by atoms with van der Waals surface area (Å²) in [5, 5.41) is 2.98. The smallest absolute Gasteiger partial charge is 0.251 e. The highest BCUT2D eigenvalue weighted by Gasteiger charge is 2.53. The number of ketones is 1. The van der Waals surface area contributed by atoms with E-state index >= 15 is 0 Å². The highest BCUT2D eigenvalue weighted by Crippen LogP contribution is 2.36. The van der Waals surface area contributed by atoms with Crippen molar-refractivity contribution in [3.05, 3.63) is 29.8 Å². The first kappa shape index (κ1) is 25.6. The Morgan fingerprint density at radius 1 is 1.06 bits per heavy atom. The summed E-state index contributed by atoms with van der Waals surface area (Å²) in [6.07, 6.45) is 0.267. The number of hydrogen-bond acceptors (Lipinski definition) is 6. The number of rotatable bonds is 7. The summed E-state index contributed by atoms with van der Waals surface area (Å²) in [5.74, 6) is 0.132. The summed E-state index contributed by atoms with van der Waals surface area (Å²) < 4.78 is 5.78. The lowest BCUT2D eigenvalue weighted by atomic mass is 9.91. The quantitative estimate of drug-likeness (QED) is 0.638. The first-order valence-electron chi connectivity index (χ1n) is 12.9. The van der Waals surface area contributed by atoms with Crippen LogP contribution < -0.4 is 10.2 Å². The highest BCUT2D eigenvalue weighted by molar-refractivity contribution is 5.99. The molecule has 0 bridgehead atoms. The van der Waals surface area contributed by atoms with E-state index in [2.05, 4.69) is 36.0 Å². The predicted molar refractivity (Wildman–Crippen MR) is 135 cm³/mol. The van der Waals surface area contributed by atoms with E-state index in [0.717, 1.165) is 31.9 Å². The topological polar surface area (TPSA) is 82.2 Å². The van der Waals surface area contributed by atoms with Crippen molar-refractivity contribution in [3.8, 4) is 0 Å². The number of fused-ring (bicyclic) bond motifs is 1. The van der Waals surface area contributed by atoms with Crippen molar-refractivity contribution in [1.29, 1.82) is 0 Å². The van der Waals surface area contributed by atoms with Gasteiger partial charge in [0, 0.05) is 49.9 Å². The maximum Gasteiger partial charge on any atom is 0.251 e. The Balaban J connectivity index is 1.46. The molecule has 35 heavy (non-hydrogen) atoms. The molecule has 0 aliphatic carbocycles. The van der Waals surface area contributed by atoms with E-state index in [0.29, 0.717) is 24.4 Å². The van der Waals surface area contributed by atoms with E-state index in [1.165, 1.54) is 0 Å². The molecule has 1 aromatic carbocycles. The molecule has 8 heteroatoms. The van der Waals surface area contributed by atoms with E-state index in [1.54, 1.807) is 4.90 Å². The summed E-state index contributed by atoms with van der Waals surface area (Å²) in [7, 11) is 2.13. The van der Waals surface area contributed by atoms with Gasteiger partial charge in [-0.1, -0.05) is 27.7 Å². The lowest BCUT2D eigenvalue weighted by molar-refractivity contribution is -0.138. The van der Waals surface area contributed by atoms with Gasteiger partial charge in [-0.05, 0) is 49.6 Å². The number of likely N-dealkylation sites (tertiary alicyclic amines) is 1. The monoisotopic (exact) mass is 484 g/mol. The predicted octanol–water partition coefficient (Wildman–Crippen LogP) is 2.03. The molecule has 8 nitrogen and oxygen atoms in total. The number of benzene rings is 1. The Kier molecular flexibility index (Phi) is 7.81. The van der Waals surface area contributed by atoms with Crippen molar-refractivity contribution < 1.29 is 19.1 Å². The third-order valence-corrected chi connectivity index (χ3v) is 7.67. The fraction of sp³-hybridized carbons (Fsp3) is 0.667. The van der Waals surface area contributed by atoms with Gasteiger partial charge in [0.2, 0.25) is 5.91 Å². The van der Waals surface area contributed by atoms with E-state index in [4.69, 9.17) is 4.74 Å². The Labute approximate surface area is 209 Å². The number of carbonyl (C=O) groups is 3. The average molecular weight is 485 g/mol. The van der Waals surface area contributed by atoms with Crippen LogP contribution in [0.2, 0.25) is 0 Å². The van der Waals surface area contributed by atoms with Crippen molar-refractivity contribution in [3.63, 3.8) is 0 Å². The first-order chi connectivity index (χ1) is 16.7. The number of ether oxygens (including phenoxy) is 1. The van der Waals surface area contributed by atoms with Gasteiger partial charge in [-0.15, -0.1) is 0 Å². The number of anilines is 1. The Morgan fingerprint density at radius 2 is 1.71 bits per heavy atom. The number of nitrogens with zero attached hydrogens (tertiary/aromatic N) is 3. The van der Waals surface area contributed by atoms with Gasteiger partial charge in [0.15, 0.2) is 5.78 Å². The molecule has 3 heterocycles. The van der Waals surface area contributed by atoms with Crippen molar-refractivity contribution in [2.45, 2.75) is 52.3 Å². The first-order valence-corrected chi connectivity index (χ1v) is 12.9. The van der Waals surface area contributed by atoms with Crippen molar-refractivity contribution in [2.75, 3.05) is 51.3 Å². The molecule has 1 unspecified atom stereocenters. The molecule has 192 valence electrons. The van der Waals surface area contributed by atoms with Crippen LogP contribution >= 0.6 is 0 Å². The second-order valence-corrected chi connectivity index (χ2v) is 11.1. The molecule has 4 rings (SSSR count). The number of carbonyl (C=O) groups excluding carboxylic acids is 3. The van der Waals surface area contributed by atoms with Gasteiger partial charge in [-0.3, -0.25) is 14.4 Å². The number of piperazine rings is 1. The molecular weight excluding hydrogens is 444 g/mol. The van der Waals surface area contributed by atoms with Crippen LogP contribution in [0, 0.1) is 17.8 Å². The lowest BCUT2D eigenvalue weighted by Crippen LogP contribution is -2.52. The number of hydrogen-bond donors (Lipinski definition) is 1. The third kappa shape index (κ3) is 5.54. The summed E-state index contributed by atoms with van der Waals surface area (Å²) in [4.78, 5) is 45.7. The molecule has 4 atom stereocenters. The lowest BCUT2D eigenvalue weighted by Gasteiger charge is -2.34. The van der Waals surface area contributed by atoms with Gasteiger partial charge >= 0.3 is 0 Å². The van der Waals surface area contributed by atoms with Crippen LogP contribution in [-0.2, 0) is 14.3 Å². The zero-order valence-electron chi connectivity index (χ0n) is 21.7. The van der Waals surface area contributed by atoms with Gasteiger partial charge in [0.1, 0.15) is 18.7 Å². The van der Waals surface area contributed by atoms with Crippen LogP contribution in [-0.4, -0.2) is 92.0 Å². The van der Waals surface area contributed by atoms with Crippen molar-refractivity contribution in [2.24, 2.45) is 17.8 Å². The normalized spacial score (nSPS) is 25.9. The van der Waals surface area contributed by atoms with E-state index in [-0.39, 0.29) is 42.1 Å².